The highest BCUT2D eigenvalue weighted by molar-refractivity contribution is 4.66. The molecule has 1 aliphatic heterocycles. The third-order valence-corrected chi connectivity index (χ3v) is 2.20. The molecule has 78 valence electrons. The van der Waals surface area contributed by atoms with E-state index in [9.17, 15) is 0 Å². The van der Waals surface area contributed by atoms with Crippen LogP contribution < -0.4 is 21.3 Å². The Labute approximate surface area is 80.9 Å². The van der Waals surface area contributed by atoms with E-state index in [1.807, 2.05) is 0 Å². The second kappa shape index (κ2) is 7.26. The molecule has 4 heteroatoms. The van der Waals surface area contributed by atoms with Crippen molar-refractivity contribution in [1.29, 1.82) is 0 Å². The summed E-state index contributed by atoms with van der Waals surface area (Å²) in [6.45, 7) is 9.65. The van der Waals surface area contributed by atoms with Crippen molar-refractivity contribution in [2.45, 2.75) is 13.0 Å². The maximum Gasteiger partial charge on any atom is 0.0164 e. The molecule has 0 aromatic rings. The first-order chi connectivity index (χ1) is 6.39. The third kappa shape index (κ3) is 5.99. The van der Waals surface area contributed by atoms with Gasteiger partial charge in [-0.25, -0.2) is 0 Å². The van der Waals surface area contributed by atoms with Crippen LogP contribution in [-0.4, -0.2) is 51.9 Å². The largest absolute Gasteiger partial charge is 0.314 e. The summed E-state index contributed by atoms with van der Waals surface area (Å²) in [6.07, 6.45) is 0. The Hall–Kier alpha value is -0.160. The molecule has 0 amide bonds. The van der Waals surface area contributed by atoms with Gasteiger partial charge in [-0.15, -0.1) is 0 Å². The highest BCUT2D eigenvalue weighted by atomic mass is 15.0. The minimum atomic E-state index is 0.571. The van der Waals surface area contributed by atoms with E-state index in [4.69, 9.17) is 0 Å². The molecule has 0 aromatic heterocycles. The van der Waals surface area contributed by atoms with Crippen LogP contribution in [0.15, 0.2) is 0 Å². The van der Waals surface area contributed by atoms with Crippen molar-refractivity contribution in [3.63, 3.8) is 0 Å². The summed E-state index contributed by atoms with van der Waals surface area (Å²) in [5.41, 5.74) is 0. The summed E-state index contributed by atoms with van der Waals surface area (Å²) in [7, 11) is 0. The highest BCUT2D eigenvalue weighted by Gasteiger charge is 2.00. The van der Waals surface area contributed by atoms with Gasteiger partial charge in [0.25, 0.3) is 0 Å². The lowest BCUT2D eigenvalue weighted by Crippen LogP contribution is -2.43. The van der Waals surface area contributed by atoms with Gasteiger partial charge in [-0.1, -0.05) is 0 Å². The van der Waals surface area contributed by atoms with Crippen molar-refractivity contribution in [2.75, 3.05) is 45.8 Å². The molecular formula is C9H22N4. The van der Waals surface area contributed by atoms with E-state index >= 15 is 0 Å². The van der Waals surface area contributed by atoms with E-state index < -0.39 is 0 Å². The standard InChI is InChI=1S/C9H22N4/c1-9-8-12-5-4-10-2-3-11-6-7-13-9/h9-13H,2-8H2,1H3. The molecule has 0 aromatic carbocycles. The number of rotatable bonds is 0. The normalized spacial score (nSPS) is 28.8. The zero-order valence-electron chi connectivity index (χ0n) is 8.53. The lowest BCUT2D eigenvalue weighted by molar-refractivity contribution is 0.473. The van der Waals surface area contributed by atoms with Crippen LogP contribution in [0, 0.1) is 0 Å². The Balaban J connectivity index is 2.11. The molecule has 4 nitrogen and oxygen atoms in total. The summed E-state index contributed by atoms with van der Waals surface area (Å²) in [4.78, 5) is 0. The minimum Gasteiger partial charge on any atom is -0.314 e. The molecule has 1 aliphatic rings. The SMILES string of the molecule is CC1CNCCNCCNCCN1. The molecule has 1 heterocycles. The average molecular weight is 186 g/mol. The predicted octanol–water partition coefficient (Wildman–Crippen LogP) is -1.25. The van der Waals surface area contributed by atoms with E-state index in [1.54, 1.807) is 0 Å². The Morgan fingerprint density at radius 2 is 1.31 bits per heavy atom. The lowest BCUT2D eigenvalue weighted by atomic mass is 10.3. The Morgan fingerprint density at radius 3 is 2.00 bits per heavy atom. The molecule has 0 radical (unpaired) electrons. The van der Waals surface area contributed by atoms with E-state index in [1.165, 1.54) is 0 Å². The monoisotopic (exact) mass is 186 g/mol. The molecule has 1 saturated heterocycles. The average Bonchev–Trinajstić information content (AvgIpc) is 2.11. The fourth-order valence-electron chi connectivity index (χ4n) is 1.40. The Bertz CT molecular complexity index is 106. The summed E-state index contributed by atoms with van der Waals surface area (Å²) in [5.74, 6) is 0. The maximum atomic E-state index is 3.46. The molecule has 13 heavy (non-hydrogen) atoms. The zero-order chi connectivity index (χ0) is 9.36. The van der Waals surface area contributed by atoms with Gasteiger partial charge in [-0.3, -0.25) is 0 Å². The van der Waals surface area contributed by atoms with Crippen LogP contribution in [0.25, 0.3) is 0 Å². The van der Waals surface area contributed by atoms with E-state index in [2.05, 4.69) is 28.2 Å². The van der Waals surface area contributed by atoms with Crippen LogP contribution in [0.4, 0.5) is 0 Å². The fourth-order valence-corrected chi connectivity index (χ4v) is 1.40. The Kier molecular flexibility index (Phi) is 6.10. The van der Waals surface area contributed by atoms with Crippen LogP contribution in [-0.2, 0) is 0 Å². The van der Waals surface area contributed by atoms with Crippen molar-refractivity contribution in [2.24, 2.45) is 0 Å². The van der Waals surface area contributed by atoms with Crippen molar-refractivity contribution in [3.05, 3.63) is 0 Å². The number of hydrogen-bond donors (Lipinski definition) is 4. The topological polar surface area (TPSA) is 48.1 Å². The van der Waals surface area contributed by atoms with Crippen LogP contribution >= 0.6 is 0 Å². The maximum absolute atomic E-state index is 3.46. The third-order valence-electron chi connectivity index (χ3n) is 2.20. The van der Waals surface area contributed by atoms with Gasteiger partial charge in [0.2, 0.25) is 0 Å². The van der Waals surface area contributed by atoms with Crippen LogP contribution in [0.1, 0.15) is 6.92 Å². The first-order valence-electron chi connectivity index (χ1n) is 5.25. The van der Waals surface area contributed by atoms with Gasteiger partial charge in [-0.2, -0.15) is 0 Å². The molecule has 1 atom stereocenters. The molecular weight excluding hydrogens is 164 g/mol. The van der Waals surface area contributed by atoms with Crippen molar-refractivity contribution < 1.29 is 0 Å². The Morgan fingerprint density at radius 1 is 0.769 bits per heavy atom. The summed E-state index contributed by atoms with van der Waals surface area (Å²) < 4.78 is 0. The first-order valence-corrected chi connectivity index (χ1v) is 5.25. The lowest BCUT2D eigenvalue weighted by Gasteiger charge is -2.16. The minimum absolute atomic E-state index is 0.571. The smallest absolute Gasteiger partial charge is 0.0164 e. The van der Waals surface area contributed by atoms with Gasteiger partial charge in [0.05, 0.1) is 0 Å². The van der Waals surface area contributed by atoms with Crippen molar-refractivity contribution in [1.82, 2.24) is 21.3 Å². The second-order valence-electron chi connectivity index (χ2n) is 3.56. The molecule has 0 aliphatic carbocycles. The second-order valence-corrected chi connectivity index (χ2v) is 3.56. The summed E-state index contributed by atoms with van der Waals surface area (Å²) in [6, 6.07) is 0.571. The molecule has 1 rings (SSSR count). The van der Waals surface area contributed by atoms with Crippen molar-refractivity contribution >= 4 is 0 Å². The van der Waals surface area contributed by atoms with Crippen molar-refractivity contribution in [3.8, 4) is 0 Å². The summed E-state index contributed by atoms with van der Waals surface area (Å²) >= 11 is 0. The van der Waals surface area contributed by atoms with Gasteiger partial charge in [0, 0.05) is 51.9 Å². The predicted molar refractivity (Wildman–Crippen MR) is 56.1 cm³/mol. The van der Waals surface area contributed by atoms with Gasteiger partial charge in [0.15, 0.2) is 0 Å². The van der Waals surface area contributed by atoms with Crippen LogP contribution in [0.5, 0.6) is 0 Å². The first kappa shape index (κ1) is 10.9. The van der Waals surface area contributed by atoms with Gasteiger partial charge >= 0.3 is 0 Å². The van der Waals surface area contributed by atoms with Gasteiger partial charge < -0.3 is 21.3 Å². The van der Waals surface area contributed by atoms with E-state index in [0.29, 0.717) is 6.04 Å². The fraction of sp³-hybridized carbons (Fsp3) is 1.00. The van der Waals surface area contributed by atoms with Gasteiger partial charge in [-0.05, 0) is 6.92 Å². The molecule has 0 saturated carbocycles. The van der Waals surface area contributed by atoms with E-state index in [0.717, 1.165) is 45.8 Å². The molecule has 0 spiro atoms. The highest BCUT2D eigenvalue weighted by Crippen LogP contribution is 1.77. The van der Waals surface area contributed by atoms with Gasteiger partial charge in [0.1, 0.15) is 0 Å². The molecule has 0 bridgehead atoms. The van der Waals surface area contributed by atoms with Crippen LogP contribution in [0.2, 0.25) is 0 Å². The molecule has 1 unspecified atom stereocenters. The van der Waals surface area contributed by atoms with E-state index in [-0.39, 0.29) is 0 Å². The quantitative estimate of drug-likeness (QED) is 0.382. The summed E-state index contributed by atoms with van der Waals surface area (Å²) in [5, 5.41) is 13.6. The molecule has 4 N–H and O–H groups in total. The zero-order valence-corrected chi connectivity index (χ0v) is 8.53. The van der Waals surface area contributed by atoms with Crippen LogP contribution in [0.3, 0.4) is 0 Å². The number of hydrogen-bond acceptors (Lipinski definition) is 4. The number of nitrogens with one attached hydrogen (secondary N) is 4. The molecule has 1 fully saturated rings.